The molecule has 5 nitrogen and oxygen atoms in total. The van der Waals surface area contributed by atoms with Crippen molar-refractivity contribution in [3.05, 3.63) is 41.1 Å². The van der Waals surface area contributed by atoms with Gasteiger partial charge < -0.3 is 9.73 Å². The number of hydrogen-bond acceptors (Lipinski definition) is 4. The number of aromatic nitrogens is 2. The molecule has 120 valence electrons. The summed E-state index contributed by atoms with van der Waals surface area (Å²) < 4.78 is 5.68. The van der Waals surface area contributed by atoms with Crippen LogP contribution >= 0.6 is 0 Å². The van der Waals surface area contributed by atoms with Gasteiger partial charge in [0.05, 0.1) is 18.0 Å². The van der Waals surface area contributed by atoms with E-state index in [9.17, 15) is 0 Å². The molecule has 1 fully saturated rings. The molecule has 0 radical (unpaired) electrons. The zero-order valence-corrected chi connectivity index (χ0v) is 13.6. The monoisotopic (exact) mass is 302 g/mol. The first kappa shape index (κ1) is 15.3. The number of nitrogens with zero attached hydrogens (tertiary/aromatic N) is 2. The minimum atomic E-state index is 0.322. The Morgan fingerprint density at radius 2 is 2.14 bits per heavy atom. The number of piperidine rings is 1. The van der Waals surface area contributed by atoms with Crippen LogP contribution in [0.15, 0.2) is 22.8 Å². The molecule has 22 heavy (non-hydrogen) atoms. The van der Waals surface area contributed by atoms with E-state index >= 15 is 0 Å². The van der Waals surface area contributed by atoms with E-state index in [0.29, 0.717) is 6.04 Å². The van der Waals surface area contributed by atoms with Gasteiger partial charge in [0.15, 0.2) is 0 Å². The molecule has 0 aliphatic carbocycles. The van der Waals surface area contributed by atoms with Crippen LogP contribution < -0.4 is 5.32 Å². The highest BCUT2D eigenvalue weighted by Crippen LogP contribution is 2.24. The van der Waals surface area contributed by atoms with Crippen molar-refractivity contribution in [3.8, 4) is 0 Å². The van der Waals surface area contributed by atoms with Crippen LogP contribution in [0.4, 0.5) is 0 Å². The molecular formula is C17H26N4O. The van der Waals surface area contributed by atoms with Crippen molar-refractivity contribution in [3.63, 3.8) is 0 Å². The molecule has 0 bridgehead atoms. The summed E-state index contributed by atoms with van der Waals surface area (Å²) in [5.41, 5.74) is 3.51. The van der Waals surface area contributed by atoms with Crippen LogP contribution in [-0.4, -0.2) is 34.7 Å². The van der Waals surface area contributed by atoms with Gasteiger partial charge in [-0.2, -0.15) is 5.10 Å². The third-order valence-electron chi connectivity index (χ3n) is 4.62. The smallest absolute Gasteiger partial charge is 0.122 e. The second-order valence-corrected chi connectivity index (χ2v) is 6.17. The normalized spacial score (nSPS) is 17.7. The van der Waals surface area contributed by atoms with Gasteiger partial charge in [-0.05, 0) is 51.9 Å². The highest BCUT2D eigenvalue weighted by atomic mass is 16.3. The van der Waals surface area contributed by atoms with Crippen molar-refractivity contribution in [2.45, 2.75) is 45.7 Å². The number of furan rings is 1. The van der Waals surface area contributed by atoms with Crippen LogP contribution in [0.5, 0.6) is 0 Å². The number of aromatic amines is 1. The second-order valence-electron chi connectivity index (χ2n) is 6.17. The highest BCUT2D eigenvalue weighted by molar-refractivity contribution is 5.22. The molecule has 2 aromatic rings. The number of aryl methyl sites for hydroxylation is 2. The van der Waals surface area contributed by atoms with Gasteiger partial charge in [-0.25, -0.2) is 0 Å². The summed E-state index contributed by atoms with van der Waals surface area (Å²) in [5.74, 6) is 1.06. The molecule has 3 rings (SSSR count). The number of hydrogen-bond donors (Lipinski definition) is 2. The van der Waals surface area contributed by atoms with Gasteiger partial charge in [0.2, 0.25) is 0 Å². The standard InChI is InChI=1S/C17H26N4O/c1-13-15(14(2)20-19-13)11-18-12-16(17-7-6-10-22-17)21-8-4-3-5-9-21/h6-7,10,16,18H,3-5,8-9,11-12H2,1-2H3,(H,19,20)/t16-/m0/s1. The van der Waals surface area contributed by atoms with Crippen molar-refractivity contribution in [2.24, 2.45) is 0 Å². The fourth-order valence-corrected chi connectivity index (χ4v) is 3.29. The van der Waals surface area contributed by atoms with Gasteiger partial charge in [-0.15, -0.1) is 0 Å². The number of nitrogens with one attached hydrogen (secondary N) is 2. The largest absolute Gasteiger partial charge is 0.468 e. The summed E-state index contributed by atoms with van der Waals surface area (Å²) in [6.45, 7) is 8.20. The van der Waals surface area contributed by atoms with E-state index in [-0.39, 0.29) is 0 Å². The second kappa shape index (κ2) is 7.11. The zero-order valence-electron chi connectivity index (χ0n) is 13.6. The predicted molar refractivity (Wildman–Crippen MR) is 86.6 cm³/mol. The summed E-state index contributed by atoms with van der Waals surface area (Å²) in [5, 5.41) is 10.9. The maximum absolute atomic E-state index is 5.68. The molecular weight excluding hydrogens is 276 g/mol. The average Bonchev–Trinajstić information content (AvgIpc) is 3.17. The van der Waals surface area contributed by atoms with E-state index in [4.69, 9.17) is 4.42 Å². The minimum Gasteiger partial charge on any atom is -0.468 e. The summed E-state index contributed by atoms with van der Waals surface area (Å²) in [6, 6.07) is 4.40. The molecule has 1 aliphatic rings. The summed E-state index contributed by atoms with van der Waals surface area (Å²) in [4.78, 5) is 2.55. The lowest BCUT2D eigenvalue weighted by Gasteiger charge is -2.33. The fraction of sp³-hybridized carbons (Fsp3) is 0.588. The molecule has 5 heteroatoms. The molecule has 1 saturated heterocycles. The first-order valence-electron chi connectivity index (χ1n) is 8.24. The van der Waals surface area contributed by atoms with Gasteiger partial charge >= 0.3 is 0 Å². The Morgan fingerprint density at radius 3 is 2.77 bits per heavy atom. The van der Waals surface area contributed by atoms with Crippen molar-refractivity contribution < 1.29 is 4.42 Å². The number of likely N-dealkylation sites (tertiary alicyclic amines) is 1. The topological polar surface area (TPSA) is 57.1 Å². The van der Waals surface area contributed by atoms with E-state index in [1.807, 2.05) is 6.07 Å². The molecule has 0 aromatic carbocycles. The van der Waals surface area contributed by atoms with Crippen molar-refractivity contribution in [2.75, 3.05) is 19.6 Å². The highest BCUT2D eigenvalue weighted by Gasteiger charge is 2.24. The molecule has 2 N–H and O–H groups in total. The Labute approximate surface area is 132 Å². The molecule has 0 amide bonds. The summed E-state index contributed by atoms with van der Waals surface area (Å²) >= 11 is 0. The predicted octanol–water partition coefficient (Wildman–Crippen LogP) is 2.94. The van der Waals surface area contributed by atoms with Crippen LogP contribution in [-0.2, 0) is 6.54 Å². The molecule has 0 spiro atoms. The maximum Gasteiger partial charge on any atom is 0.122 e. The summed E-state index contributed by atoms with van der Waals surface area (Å²) in [6.07, 6.45) is 5.70. The van der Waals surface area contributed by atoms with Gasteiger partial charge in [0.25, 0.3) is 0 Å². The van der Waals surface area contributed by atoms with Crippen LogP contribution in [0.2, 0.25) is 0 Å². The lowest BCUT2D eigenvalue weighted by atomic mass is 10.1. The van der Waals surface area contributed by atoms with E-state index in [1.54, 1.807) is 6.26 Å². The Kier molecular flexibility index (Phi) is 4.95. The SMILES string of the molecule is Cc1n[nH]c(C)c1CNC[C@@H](c1ccco1)N1CCCCC1. The first-order chi connectivity index (χ1) is 10.8. The average molecular weight is 302 g/mol. The quantitative estimate of drug-likeness (QED) is 0.861. The Bertz CT molecular complexity index is 550. The van der Waals surface area contributed by atoms with Crippen molar-refractivity contribution in [1.82, 2.24) is 20.4 Å². The van der Waals surface area contributed by atoms with Crippen molar-refractivity contribution >= 4 is 0 Å². The van der Waals surface area contributed by atoms with Gasteiger partial charge in [-0.1, -0.05) is 6.42 Å². The molecule has 0 unspecified atom stereocenters. The van der Waals surface area contributed by atoms with Crippen LogP contribution in [0.3, 0.4) is 0 Å². The van der Waals surface area contributed by atoms with Crippen molar-refractivity contribution in [1.29, 1.82) is 0 Å². The Morgan fingerprint density at radius 1 is 1.32 bits per heavy atom. The van der Waals surface area contributed by atoms with Crippen LogP contribution in [0.1, 0.15) is 48.0 Å². The van der Waals surface area contributed by atoms with Gasteiger partial charge in [-0.3, -0.25) is 10.00 Å². The Hall–Kier alpha value is -1.59. The molecule has 3 heterocycles. The van der Waals surface area contributed by atoms with Gasteiger partial charge in [0, 0.05) is 24.3 Å². The maximum atomic E-state index is 5.68. The van der Waals surface area contributed by atoms with Crippen LogP contribution in [0, 0.1) is 13.8 Å². The fourth-order valence-electron chi connectivity index (χ4n) is 3.29. The van der Waals surface area contributed by atoms with E-state index in [0.717, 1.165) is 43.3 Å². The first-order valence-corrected chi connectivity index (χ1v) is 8.24. The third kappa shape index (κ3) is 3.42. The van der Waals surface area contributed by atoms with E-state index in [1.165, 1.54) is 24.8 Å². The number of rotatable bonds is 6. The van der Waals surface area contributed by atoms with Crippen LogP contribution in [0.25, 0.3) is 0 Å². The van der Waals surface area contributed by atoms with E-state index < -0.39 is 0 Å². The molecule has 1 atom stereocenters. The lowest BCUT2D eigenvalue weighted by Crippen LogP contribution is -2.38. The molecule has 1 aliphatic heterocycles. The summed E-state index contributed by atoms with van der Waals surface area (Å²) in [7, 11) is 0. The molecule has 2 aromatic heterocycles. The minimum absolute atomic E-state index is 0.322. The third-order valence-corrected chi connectivity index (χ3v) is 4.62. The number of H-pyrrole nitrogens is 1. The molecule has 0 saturated carbocycles. The Balaban J connectivity index is 1.63. The van der Waals surface area contributed by atoms with Gasteiger partial charge in [0.1, 0.15) is 5.76 Å². The zero-order chi connectivity index (χ0) is 15.4. The van der Waals surface area contributed by atoms with E-state index in [2.05, 4.69) is 40.3 Å². The lowest BCUT2D eigenvalue weighted by molar-refractivity contribution is 0.142.